The normalized spacial score (nSPS) is 11.0. The quantitative estimate of drug-likeness (QED) is 0.291. The maximum absolute atomic E-state index is 13.2. The molecule has 1 N–H and O–H groups in total. The van der Waals surface area contributed by atoms with Gasteiger partial charge in [-0.25, -0.2) is 9.78 Å². The topological polar surface area (TPSA) is 72.0 Å². The number of fused-ring (bicyclic) bond motifs is 2. The van der Waals surface area contributed by atoms with E-state index < -0.39 is 5.97 Å². The number of hydrogen-bond acceptors (Lipinski definition) is 4. The lowest BCUT2D eigenvalue weighted by Gasteiger charge is -2.14. The minimum Gasteiger partial charge on any atom is -0.454 e. The van der Waals surface area contributed by atoms with Crippen LogP contribution in [-0.2, 0) is 4.74 Å². The molecule has 5 heteroatoms. The maximum atomic E-state index is 13.2. The molecule has 5 rings (SSSR count). The van der Waals surface area contributed by atoms with E-state index in [2.05, 4.69) is 4.98 Å². The number of aromatic nitrogens is 2. The lowest BCUT2D eigenvalue weighted by molar-refractivity contribution is 0.0476. The molecule has 0 saturated heterocycles. The van der Waals surface area contributed by atoms with E-state index in [0.29, 0.717) is 22.0 Å². The van der Waals surface area contributed by atoms with Gasteiger partial charge in [0.05, 0.1) is 16.8 Å². The van der Waals surface area contributed by atoms with Crippen LogP contribution in [0, 0.1) is 6.92 Å². The Morgan fingerprint density at radius 1 is 0.875 bits per heavy atom. The first-order valence-corrected chi connectivity index (χ1v) is 10.3. The van der Waals surface area contributed by atoms with Crippen LogP contribution in [-0.4, -0.2) is 28.3 Å². The summed E-state index contributed by atoms with van der Waals surface area (Å²) in [6, 6.07) is 24.7. The van der Waals surface area contributed by atoms with Gasteiger partial charge < -0.3 is 9.72 Å². The number of rotatable bonds is 5. The highest BCUT2D eigenvalue weighted by Gasteiger charge is 2.21. The Hall–Kier alpha value is -4.25. The number of ether oxygens (including phenoxy) is 1. The minimum absolute atomic E-state index is 0.255. The molecule has 0 aliphatic carbocycles. The number of hydrogen-bond donors (Lipinski definition) is 1. The third-order valence-corrected chi connectivity index (χ3v) is 5.61. The lowest BCUT2D eigenvalue weighted by Crippen LogP contribution is -2.16. The molecule has 0 amide bonds. The molecule has 0 bridgehead atoms. The Morgan fingerprint density at radius 3 is 2.38 bits per heavy atom. The molecule has 0 radical (unpaired) electrons. The number of benzene rings is 3. The van der Waals surface area contributed by atoms with Gasteiger partial charge >= 0.3 is 5.97 Å². The number of pyridine rings is 1. The summed E-state index contributed by atoms with van der Waals surface area (Å²) in [5, 5.41) is 1.51. The number of esters is 1. The van der Waals surface area contributed by atoms with Crippen LogP contribution < -0.4 is 0 Å². The number of H-pyrrole nitrogens is 1. The molecule has 0 aliphatic rings. The van der Waals surface area contributed by atoms with Crippen LogP contribution in [0.1, 0.15) is 26.3 Å². The number of carbonyl (C=O) groups excluding carboxylic acids is 2. The van der Waals surface area contributed by atoms with E-state index in [9.17, 15) is 9.59 Å². The van der Waals surface area contributed by atoms with Gasteiger partial charge in [0.1, 0.15) is 0 Å². The predicted molar refractivity (Wildman–Crippen MR) is 125 cm³/mol. The van der Waals surface area contributed by atoms with E-state index >= 15 is 0 Å². The van der Waals surface area contributed by atoms with Crippen LogP contribution >= 0.6 is 0 Å². The highest BCUT2D eigenvalue weighted by molar-refractivity contribution is 6.10. The summed E-state index contributed by atoms with van der Waals surface area (Å²) >= 11 is 0. The fourth-order valence-corrected chi connectivity index (χ4v) is 4.03. The molecule has 0 aliphatic heterocycles. The van der Waals surface area contributed by atoms with E-state index in [1.165, 1.54) is 0 Å². The average molecular weight is 420 g/mol. The summed E-state index contributed by atoms with van der Waals surface area (Å²) in [7, 11) is 0. The molecule has 5 nitrogen and oxygen atoms in total. The monoisotopic (exact) mass is 420 g/mol. The second kappa shape index (κ2) is 8.12. The Kier molecular flexibility index (Phi) is 5.00. The molecule has 0 saturated carbocycles. The second-order valence-electron chi connectivity index (χ2n) is 7.59. The van der Waals surface area contributed by atoms with Crippen molar-refractivity contribution in [1.29, 1.82) is 0 Å². The predicted octanol–water partition coefficient (Wildman–Crippen LogP) is 5.73. The first kappa shape index (κ1) is 19.7. The van der Waals surface area contributed by atoms with E-state index in [4.69, 9.17) is 9.72 Å². The lowest BCUT2D eigenvalue weighted by atomic mass is 9.98. The molecule has 0 unspecified atom stereocenters. The standard InChI is InChI=1S/C27H20N2O3/c1-17-25(20-12-6-8-14-23(20)29-26(17)18-9-3-2-4-10-18)27(31)32-16-24(30)21-15-28-22-13-7-5-11-19(21)22/h2-15,28H,16H2,1H3. The highest BCUT2D eigenvalue weighted by atomic mass is 16.5. The summed E-state index contributed by atoms with van der Waals surface area (Å²) in [5.41, 5.74) is 4.87. The van der Waals surface area contributed by atoms with Crippen molar-refractivity contribution in [2.75, 3.05) is 6.61 Å². The van der Waals surface area contributed by atoms with Gasteiger partial charge in [0.15, 0.2) is 6.61 Å². The summed E-state index contributed by atoms with van der Waals surface area (Å²) in [6.45, 7) is 1.53. The van der Waals surface area contributed by atoms with Gasteiger partial charge in [0, 0.05) is 33.6 Å². The maximum Gasteiger partial charge on any atom is 0.339 e. The molecule has 0 spiro atoms. The van der Waals surface area contributed by atoms with Gasteiger partial charge in [0.25, 0.3) is 0 Å². The molecule has 2 heterocycles. The zero-order chi connectivity index (χ0) is 22.1. The van der Waals surface area contributed by atoms with E-state index in [1.807, 2.05) is 85.8 Å². The molecule has 0 fully saturated rings. The Bertz CT molecular complexity index is 1470. The number of para-hydroxylation sites is 2. The number of aromatic amines is 1. The van der Waals surface area contributed by atoms with Crippen LogP contribution in [0.3, 0.4) is 0 Å². The van der Waals surface area contributed by atoms with Crippen LogP contribution in [0.5, 0.6) is 0 Å². The molecule has 2 aromatic heterocycles. The van der Waals surface area contributed by atoms with Crippen molar-refractivity contribution in [1.82, 2.24) is 9.97 Å². The Labute approximate surface area is 184 Å². The summed E-state index contributed by atoms with van der Waals surface area (Å²) < 4.78 is 5.51. The molecule has 32 heavy (non-hydrogen) atoms. The fourth-order valence-electron chi connectivity index (χ4n) is 4.03. The van der Waals surface area contributed by atoms with Crippen LogP contribution in [0.2, 0.25) is 0 Å². The van der Waals surface area contributed by atoms with Crippen LogP contribution in [0.4, 0.5) is 0 Å². The molecular weight excluding hydrogens is 400 g/mol. The zero-order valence-electron chi connectivity index (χ0n) is 17.5. The smallest absolute Gasteiger partial charge is 0.339 e. The first-order valence-electron chi connectivity index (χ1n) is 10.3. The molecule has 0 atom stereocenters. The van der Waals surface area contributed by atoms with Crippen molar-refractivity contribution in [3.8, 4) is 11.3 Å². The van der Waals surface area contributed by atoms with Crippen LogP contribution in [0.25, 0.3) is 33.1 Å². The number of Topliss-reactive ketones (excluding diaryl/α,β-unsaturated/α-hetero) is 1. The van der Waals surface area contributed by atoms with Crippen molar-refractivity contribution in [3.63, 3.8) is 0 Å². The summed E-state index contributed by atoms with van der Waals surface area (Å²) in [5.74, 6) is -0.790. The number of nitrogens with one attached hydrogen (secondary N) is 1. The summed E-state index contributed by atoms with van der Waals surface area (Å²) in [4.78, 5) is 33.8. The summed E-state index contributed by atoms with van der Waals surface area (Å²) in [6.07, 6.45) is 1.65. The number of carbonyl (C=O) groups is 2. The van der Waals surface area contributed by atoms with Gasteiger partial charge in [-0.15, -0.1) is 0 Å². The molecule has 156 valence electrons. The van der Waals surface area contributed by atoms with E-state index in [-0.39, 0.29) is 12.4 Å². The molecule has 3 aromatic carbocycles. The minimum atomic E-state index is -0.536. The van der Waals surface area contributed by atoms with Crippen molar-refractivity contribution >= 4 is 33.6 Å². The highest BCUT2D eigenvalue weighted by Crippen LogP contribution is 2.30. The Balaban J connectivity index is 1.49. The van der Waals surface area contributed by atoms with Crippen molar-refractivity contribution < 1.29 is 14.3 Å². The van der Waals surface area contributed by atoms with Gasteiger partial charge in [-0.1, -0.05) is 66.7 Å². The molecule has 5 aromatic rings. The first-order chi connectivity index (χ1) is 15.6. The third-order valence-electron chi connectivity index (χ3n) is 5.61. The fraction of sp³-hybridized carbons (Fsp3) is 0.0741. The van der Waals surface area contributed by atoms with Gasteiger partial charge in [-0.3, -0.25) is 4.79 Å². The number of nitrogens with zero attached hydrogens (tertiary/aromatic N) is 1. The second-order valence-corrected chi connectivity index (χ2v) is 7.59. The Morgan fingerprint density at radius 2 is 1.56 bits per heavy atom. The average Bonchev–Trinajstić information content (AvgIpc) is 3.27. The van der Waals surface area contributed by atoms with Crippen molar-refractivity contribution in [3.05, 3.63) is 102 Å². The number of ketones is 1. The SMILES string of the molecule is Cc1c(-c2ccccc2)nc2ccccc2c1C(=O)OCC(=O)c1c[nH]c2ccccc12. The van der Waals surface area contributed by atoms with Gasteiger partial charge in [-0.2, -0.15) is 0 Å². The van der Waals surface area contributed by atoms with Crippen molar-refractivity contribution in [2.24, 2.45) is 0 Å². The van der Waals surface area contributed by atoms with Crippen molar-refractivity contribution in [2.45, 2.75) is 6.92 Å². The largest absolute Gasteiger partial charge is 0.454 e. The van der Waals surface area contributed by atoms with Gasteiger partial charge in [0.2, 0.25) is 5.78 Å². The van der Waals surface area contributed by atoms with Crippen LogP contribution in [0.15, 0.2) is 85.1 Å². The molecular formula is C27H20N2O3. The van der Waals surface area contributed by atoms with E-state index in [0.717, 1.165) is 27.7 Å². The van der Waals surface area contributed by atoms with Gasteiger partial charge in [-0.05, 0) is 24.6 Å². The van der Waals surface area contributed by atoms with E-state index in [1.54, 1.807) is 6.20 Å². The third kappa shape index (κ3) is 3.44. The zero-order valence-corrected chi connectivity index (χ0v) is 17.5.